The first kappa shape index (κ1) is 14.8. The topological polar surface area (TPSA) is 48.1 Å². The molecule has 0 fully saturated rings. The minimum atomic E-state index is -0.479. The summed E-state index contributed by atoms with van der Waals surface area (Å²) < 4.78 is 19.0. The van der Waals surface area contributed by atoms with Crippen molar-refractivity contribution in [1.82, 2.24) is 4.98 Å². The van der Waals surface area contributed by atoms with Crippen molar-refractivity contribution in [3.8, 4) is 5.75 Å². The molecule has 5 heteroatoms. The Morgan fingerprint density at radius 3 is 2.75 bits per heavy atom. The van der Waals surface area contributed by atoms with Crippen LogP contribution in [-0.2, 0) is 0 Å². The number of hydrogen-bond acceptors (Lipinski definition) is 3. The number of ether oxygens (including phenoxy) is 1. The van der Waals surface area contributed by atoms with E-state index in [1.165, 1.54) is 18.2 Å². The molecule has 1 aromatic heterocycles. The van der Waals surface area contributed by atoms with Crippen molar-refractivity contribution in [3.05, 3.63) is 59.1 Å². The van der Waals surface area contributed by atoms with Crippen molar-refractivity contribution < 1.29 is 9.13 Å². The molecule has 2 atom stereocenters. The lowest BCUT2D eigenvalue weighted by molar-refractivity contribution is 0.166. The number of rotatable bonds is 5. The molecule has 2 N–H and O–H groups in total. The molecule has 0 bridgehead atoms. The van der Waals surface area contributed by atoms with Gasteiger partial charge in [-0.05, 0) is 30.7 Å². The Morgan fingerprint density at radius 1 is 1.35 bits per heavy atom. The molecule has 1 aromatic carbocycles. The van der Waals surface area contributed by atoms with E-state index >= 15 is 0 Å². The Labute approximate surface area is 122 Å². The van der Waals surface area contributed by atoms with E-state index in [1.807, 2.05) is 25.1 Å². The summed E-state index contributed by atoms with van der Waals surface area (Å²) >= 11 is 5.75. The van der Waals surface area contributed by atoms with Gasteiger partial charge in [-0.15, -0.1) is 0 Å². The molecule has 1 heterocycles. The summed E-state index contributed by atoms with van der Waals surface area (Å²) in [5, 5.41) is 0.0207. The van der Waals surface area contributed by atoms with Crippen molar-refractivity contribution >= 4 is 11.6 Å². The summed E-state index contributed by atoms with van der Waals surface area (Å²) in [6, 6.07) is 9.57. The smallest absolute Gasteiger partial charge is 0.155 e. The van der Waals surface area contributed by atoms with Gasteiger partial charge in [0, 0.05) is 18.3 Å². The molecule has 2 unspecified atom stereocenters. The van der Waals surface area contributed by atoms with Gasteiger partial charge < -0.3 is 10.5 Å². The van der Waals surface area contributed by atoms with Gasteiger partial charge in [-0.25, -0.2) is 4.39 Å². The second-order valence-corrected chi connectivity index (χ2v) is 4.85. The van der Waals surface area contributed by atoms with Crippen LogP contribution in [0.15, 0.2) is 42.6 Å². The van der Waals surface area contributed by atoms with E-state index in [-0.39, 0.29) is 11.1 Å². The second-order valence-electron chi connectivity index (χ2n) is 4.44. The lowest BCUT2D eigenvalue weighted by atomic mass is 10.1. The van der Waals surface area contributed by atoms with Crippen LogP contribution in [0.25, 0.3) is 0 Å². The van der Waals surface area contributed by atoms with Gasteiger partial charge in [0.25, 0.3) is 0 Å². The molecular formula is C15H16ClFN2O. The summed E-state index contributed by atoms with van der Waals surface area (Å²) in [7, 11) is 0. The van der Waals surface area contributed by atoms with Crippen LogP contribution in [0.3, 0.4) is 0 Å². The Bertz CT molecular complexity index is 565. The number of benzene rings is 1. The van der Waals surface area contributed by atoms with Crippen LogP contribution in [0.2, 0.25) is 5.02 Å². The van der Waals surface area contributed by atoms with E-state index in [0.29, 0.717) is 5.75 Å². The molecule has 106 valence electrons. The highest BCUT2D eigenvalue weighted by Crippen LogP contribution is 2.27. The fraction of sp³-hybridized carbons (Fsp3) is 0.267. The highest BCUT2D eigenvalue weighted by molar-refractivity contribution is 6.30. The quantitative estimate of drug-likeness (QED) is 0.914. The Morgan fingerprint density at radius 2 is 2.15 bits per heavy atom. The number of pyridine rings is 1. The van der Waals surface area contributed by atoms with Crippen LogP contribution in [0, 0.1) is 5.82 Å². The highest BCUT2D eigenvalue weighted by atomic mass is 35.5. The molecule has 20 heavy (non-hydrogen) atoms. The molecule has 0 radical (unpaired) electrons. The number of nitrogens with zero attached hydrogens (tertiary/aromatic N) is 1. The minimum Gasteiger partial charge on any atom is -0.482 e. The van der Waals surface area contributed by atoms with E-state index in [0.717, 1.165) is 12.1 Å². The predicted octanol–water partition coefficient (Wildman–Crippen LogP) is 3.73. The SMILES string of the molecule is CCC(N)C(Oc1ccc(F)c(Cl)c1)c1ccccn1. The van der Waals surface area contributed by atoms with Gasteiger partial charge in [-0.1, -0.05) is 24.6 Å². The zero-order valence-electron chi connectivity index (χ0n) is 11.1. The van der Waals surface area contributed by atoms with Gasteiger partial charge in [0.05, 0.1) is 10.7 Å². The minimum absolute atomic E-state index is 0.0207. The van der Waals surface area contributed by atoms with Gasteiger partial charge in [-0.2, -0.15) is 0 Å². The molecule has 0 saturated carbocycles. The van der Waals surface area contributed by atoms with Gasteiger partial charge in [-0.3, -0.25) is 4.98 Å². The molecule has 0 saturated heterocycles. The number of aromatic nitrogens is 1. The molecular weight excluding hydrogens is 279 g/mol. The van der Waals surface area contributed by atoms with Crippen LogP contribution in [-0.4, -0.2) is 11.0 Å². The average molecular weight is 295 g/mol. The van der Waals surface area contributed by atoms with E-state index in [1.54, 1.807) is 6.20 Å². The van der Waals surface area contributed by atoms with E-state index in [9.17, 15) is 4.39 Å². The Balaban J connectivity index is 2.26. The van der Waals surface area contributed by atoms with Crippen molar-refractivity contribution in [3.63, 3.8) is 0 Å². The lowest BCUT2D eigenvalue weighted by Crippen LogP contribution is -2.32. The van der Waals surface area contributed by atoms with Crippen molar-refractivity contribution in [2.45, 2.75) is 25.5 Å². The van der Waals surface area contributed by atoms with Crippen LogP contribution >= 0.6 is 11.6 Å². The first-order valence-electron chi connectivity index (χ1n) is 6.40. The zero-order valence-corrected chi connectivity index (χ0v) is 11.8. The summed E-state index contributed by atoms with van der Waals surface area (Å²) in [5.74, 6) is -0.0101. The molecule has 0 spiro atoms. The fourth-order valence-corrected chi connectivity index (χ4v) is 1.99. The van der Waals surface area contributed by atoms with Crippen LogP contribution in [0.1, 0.15) is 25.1 Å². The Hall–Kier alpha value is -1.65. The van der Waals surface area contributed by atoms with Crippen LogP contribution in [0.4, 0.5) is 4.39 Å². The molecule has 0 amide bonds. The van der Waals surface area contributed by atoms with Crippen molar-refractivity contribution in [2.24, 2.45) is 5.73 Å². The normalized spacial score (nSPS) is 13.8. The van der Waals surface area contributed by atoms with Crippen molar-refractivity contribution in [2.75, 3.05) is 0 Å². The predicted molar refractivity (Wildman–Crippen MR) is 77.3 cm³/mol. The van der Waals surface area contributed by atoms with Crippen molar-refractivity contribution in [1.29, 1.82) is 0 Å². The molecule has 3 nitrogen and oxygen atoms in total. The highest BCUT2D eigenvalue weighted by Gasteiger charge is 2.22. The average Bonchev–Trinajstić information content (AvgIpc) is 2.48. The summed E-state index contributed by atoms with van der Waals surface area (Å²) in [6.07, 6.45) is 2.02. The van der Waals surface area contributed by atoms with Gasteiger partial charge >= 0.3 is 0 Å². The molecule has 2 rings (SSSR count). The van der Waals surface area contributed by atoms with E-state index in [4.69, 9.17) is 22.1 Å². The van der Waals surface area contributed by atoms with E-state index in [2.05, 4.69) is 4.98 Å². The summed E-state index contributed by atoms with van der Waals surface area (Å²) in [6.45, 7) is 1.97. The first-order valence-corrected chi connectivity index (χ1v) is 6.77. The molecule has 0 aliphatic rings. The third-order valence-electron chi connectivity index (χ3n) is 2.99. The third-order valence-corrected chi connectivity index (χ3v) is 3.28. The fourth-order valence-electron chi connectivity index (χ4n) is 1.82. The molecule has 0 aliphatic carbocycles. The summed E-state index contributed by atoms with van der Waals surface area (Å²) in [4.78, 5) is 4.27. The second kappa shape index (κ2) is 6.68. The lowest BCUT2D eigenvalue weighted by Gasteiger charge is -2.24. The number of halogens is 2. The maximum atomic E-state index is 13.2. The standard InChI is InChI=1S/C15H16ClFN2O/c1-2-13(18)15(14-5-3-4-8-19-14)20-10-6-7-12(17)11(16)9-10/h3-9,13,15H,2,18H2,1H3. The van der Waals surface area contributed by atoms with E-state index < -0.39 is 11.9 Å². The molecule has 2 aromatic rings. The number of nitrogens with two attached hydrogens (primary N) is 1. The monoisotopic (exact) mass is 294 g/mol. The van der Waals surface area contributed by atoms with Gasteiger partial charge in [0.2, 0.25) is 0 Å². The van der Waals surface area contributed by atoms with Crippen LogP contribution in [0.5, 0.6) is 5.75 Å². The largest absolute Gasteiger partial charge is 0.482 e. The maximum Gasteiger partial charge on any atom is 0.155 e. The third kappa shape index (κ3) is 3.46. The Kier molecular flexibility index (Phi) is 4.93. The first-order chi connectivity index (χ1) is 9.61. The molecule has 0 aliphatic heterocycles. The van der Waals surface area contributed by atoms with Gasteiger partial charge in [0.15, 0.2) is 6.10 Å². The van der Waals surface area contributed by atoms with Gasteiger partial charge in [0.1, 0.15) is 11.6 Å². The number of hydrogen-bond donors (Lipinski definition) is 1. The maximum absolute atomic E-state index is 13.2. The zero-order chi connectivity index (χ0) is 14.5. The van der Waals surface area contributed by atoms with Crippen LogP contribution < -0.4 is 10.5 Å². The summed E-state index contributed by atoms with van der Waals surface area (Å²) in [5.41, 5.74) is 6.83.